The average Bonchev–Trinajstić information content (AvgIpc) is 2.86. The lowest BCUT2D eigenvalue weighted by molar-refractivity contribution is 0.443. The van der Waals surface area contributed by atoms with Crippen molar-refractivity contribution in [3.05, 3.63) is 12.5 Å². The SMILES string of the molecule is CCCC(CCN)CNS(=O)(=O)c1cn(CC)cn1. The lowest BCUT2D eigenvalue weighted by Crippen LogP contribution is -2.30. The zero-order valence-corrected chi connectivity index (χ0v) is 12.5. The first kappa shape index (κ1) is 16.1. The Kier molecular flexibility index (Phi) is 6.47. The summed E-state index contributed by atoms with van der Waals surface area (Å²) in [7, 11) is -3.50. The van der Waals surface area contributed by atoms with E-state index in [9.17, 15) is 8.42 Å². The Hall–Kier alpha value is -0.920. The van der Waals surface area contributed by atoms with Gasteiger partial charge < -0.3 is 10.3 Å². The topological polar surface area (TPSA) is 90.0 Å². The Labute approximate surface area is 115 Å². The van der Waals surface area contributed by atoms with Gasteiger partial charge in [0.1, 0.15) is 0 Å². The third-order valence-corrected chi connectivity index (χ3v) is 4.39. The minimum atomic E-state index is -3.50. The number of hydrogen-bond donors (Lipinski definition) is 2. The molecule has 1 atom stereocenters. The number of imidazole rings is 1. The van der Waals surface area contributed by atoms with Gasteiger partial charge in [0.25, 0.3) is 10.0 Å². The minimum absolute atomic E-state index is 0.0809. The number of rotatable bonds is 9. The standard InChI is InChI=1S/C12H24N4O2S/c1-3-5-11(6-7-13)8-15-19(17,18)12-9-16(4-2)10-14-12/h9-11,15H,3-8,13H2,1-2H3. The molecule has 0 aromatic carbocycles. The number of nitrogens with two attached hydrogens (primary N) is 1. The molecule has 0 fully saturated rings. The second-order valence-corrected chi connectivity index (χ2v) is 6.34. The molecule has 0 saturated heterocycles. The van der Waals surface area contributed by atoms with E-state index in [2.05, 4.69) is 16.6 Å². The first-order valence-electron chi connectivity index (χ1n) is 6.75. The van der Waals surface area contributed by atoms with Crippen LogP contribution in [0.4, 0.5) is 0 Å². The van der Waals surface area contributed by atoms with Crippen molar-refractivity contribution < 1.29 is 8.42 Å². The Morgan fingerprint density at radius 2 is 2.16 bits per heavy atom. The molecule has 1 heterocycles. The molecular formula is C12H24N4O2S. The van der Waals surface area contributed by atoms with Crippen LogP contribution in [0.2, 0.25) is 0 Å². The van der Waals surface area contributed by atoms with E-state index in [4.69, 9.17) is 5.73 Å². The van der Waals surface area contributed by atoms with Gasteiger partial charge in [-0.15, -0.1) is 0 Å². The fraction of sp³-hybridized carbons (Fsp3) is 0.750. The van der Waals surface area contributed by atoms with E-state index in [1.54, 1.807) is 10.8 Å². The number of hydrogen-bond acceptors (Lipinski definition) is 4. The molecule has 0 bridgehead atoms. The van der Waals surface area contributed by atoms with E-state index in [0.29, 0.717) is 19.6 Å². The maximum atomic E-state index is 12.1. The molecule has 1 aromatic rings. The van der Waals surface area contributed by atoms with Gasteiger partial charge in [-0.25, -0.2) is 18.1 Å². The Morgan fingerprint density at radius 1 is 1.42 bits per heavy atom. The lowest BCUT2D eigenvalue weighted by atomic mass is 10.0. The zero-order chi connectivity index (χ0) is 14.3. The summed E-state index contributed by atoms with van der Waals surface area (Å²) < 4.78 is 28.5. The highest BCUT2D eigenvalue weighted by molar-refractivity contribution is 7.89. The van der Waals surface area contributed by atoms with Gasteiger partial charge in [-0.05, 0) is 32.2 Å². The van der Waals surface area contributed by atoms with Crippen molar-refractivity contribution in [2.24, 2.45) is 11.7 Å². The molecule has 0 radical (unpaired) electrons. The predicted octanol–water partition coefficient (Wildman–Crippen LogP) is 0.946. The summed E-state index contributed by atoms with van der Waals surface area (Å²) in [6, 6.07) is 0. The van der Waals surface area contributed by atoms with Crippen molar-refractivity contribution in [3.8, 4) is 0 Å². The lowest BCUT2D eigenvalue weighted by Gasteiger charge is -2.15. The number of sulfonamides is 1. The van der Waals surface area contributed by atoms with Gasteiger partial charge in [-0.3, -0.25) is 0 Å². The normalized spacial score (nSPS) is 13.6. The van der Waals surface area contributed by atoms with Crippen molar-refractivity contribution in [1.82, 2.24) is 14.3 Å². The maximum Gasteiger partial charge on any atom is 0.259 e. The summed E-state index contributed by atoms with van der Waals surface area (Å²) in [5.41, 5.74) is 5.54. The highest BCUT2D eigenvalue weighted by Gasteiger charge is 2.18. The van der Waals surface area contributed by atoms with Crippen molar-refractivity contribution in [2.75, 3.05) is 13.1 Å². The van der Waals surface area contributed by atoms with E-state index in [1.165, 1.54) is 6.33 Å². The van der Waals surface area contributed by atoms with E-state index < -0.39 is 10.0 Å². The van der Waals surface area contributed by atoms with Crippen molar-refractivity contribution in [3.63, 3.8) is 0 Å². The highest BCUT2D eigenvalue weighted by atomic mass is 32.2. The molecule has 1 rings (SSSR count). The molecule has 3 N–H and O–H groups in total. The summed E-state index contributed by atoms with van der Waals surface area (Å²) in [6.45, 7) is 5.72. The Bertz CT molecular complexity index is 464. The van der Waals surface area contributed by atoms with Gasteiger partial charge in [0.2, 0.25) is 0 Å². The van der Waals surface area contributed by atoms with E-state index in [0.717, 1.165) is 19.3 Å². The van der Waals surface area contributed by atoms with Gasteiger partial charge in [-0.1, -0.05) is 13.3 Å². The van der Waals surface area contributed by atoms with E-state index >= 15 is 0 Å². The van der Waals surface area contributed by atoms with E-state index in [-0.39, 0.29) is 10.9 Å². The van der Waals surface area contributed by atoms with Crippen LogP contribution < -0.4 is 10.5 Å². The molecule has 1 unspecified atom stereocenters. The quantitative estimate of drug-likeness (QED) is 0.708. The number of aromatic nitrogens is 2. The monoisotopic (exact) mass is 288 g/mol. The van der Waals surface area contributed by atoms with Crippen molar-refractivity contribution in [1.29, 1.82) is 0 Å². The first-order valence-corrected chi connectivity index (χ1v) is 8.23. The second-order valence-electron chi connectivity index (χ2n) is 4.63. The molecule has 0 saturated carbocycles. The molecule has 0 aliphatic rings. The molecule has 7 heteroatoms. The number of aryl methyl sites for hydroxylation is 1. The molecular weight excluding hydrogens is 264 g/mol. The van der Waals surface area contributed by atoms with Gasteiger partial charge in [0.15, 0.2) is 5.03 Å². The summed E-state index contributed by atoms with van der Waals surface area (Å²) in [5.74, 6) is 0.290. The summed E-state index contributed by atoms with van der Waals surface area (Å²) in [5, 5.41) is 0.0809. The molecule has 0 spiro atoms. The van der Waals surface area contributed by atoms with Gasteiger partial charge in [-0.2, -0.15) is 0 Å². The van der Waals surface area contributed by atoms with Gasteiger partial charge in [0, 0.05) is 19.3 Å². The average molecular weight is 288 g/mol. The molecule has 1 aromatic heterocycles. The van der Waals surface area contributed by atoms with Crippen LogP contribution in [0.1, 0.15) is 33.1 Å². The molecule has 0 aliphatic heterocycles. The smallest absolute Gasteiger partial charge is 0.259 e. The fourth-order valence-corrected chi connectivity index (χ4v) is 3.01. The van der Waals surface area contributed by atoms with Crippen molar-refractivity contribution >= 4 is 10.0 Å². The van der Waals surface area contributed by atoms with Crippen LogP contribution >= 0.6 is 0 Å². The van der Waals surface area contributed by atoms with Crippen LogP contribution in [0, 0.1) is 5.92 Å². The van der Waals surface area contributed by atoms with E-state index in [1.807, 2.05) is 6.92 Å². The minimum Gasteiger partial charge on any atom is -0.336 e. The number of nitrogens with zero attached hydrogens (tertiary/aromatic N) is 2. The van der Waals surface area contributed by atoms with Crippen LogP contribution in [0.5, 0.6) is 0 Å². The van der Waals surface area contributed by atoms with Crippen LogP contribution in [-0.4, -0.2) is 31.1 Å². The first-order chi connectivity index (χ1) is 9.03. The Balaban J connectivity index is 2.63. The van der Waals surface area contributed by atoms with Gasteiger partial charge >= 0.3 is 0 Å². The molecule has 110 valence electrons. The zero-order valence-electron chi connectivity index (χ0n) is 11.7. The van der Waals surface area contributed by atoms with Crippen LogP contribution in [-0.2, 0) is 16.6 Å². The largest absolute Gasteiger partial charge is 0.336 e. The predicted molar refractivity (Wildman–Crippen MR) is 75.2 cm³/mol. The third kappa shape index (κ3) is 4.93. The summed E-state index contributed by atoms with van der Waals surface area (Å²) in [4.78, 5) is 3.92. The summed E-state index contributed by atoms with van der Waals surface area (Å²) >= 11 is 0. The highest BCUT2D eigenvalue weighted by Crippen LogP contribution is 2.11. The number of nitrogens with one attached hydrogen (secondary N) is 1. The second kappa shape index (κ2) is 7.62. The molecule has 0 aliphatic carbocycles. The summed E-state index contributed by atoms with van der Waals surface area (Å²) in [6.07, 6.45) is 5.90. The Morgan fingerprint density at radius 3 is 2.68 bits per heavy atom. The molecule has 19 heavy (non-hydrogen) atoms. The molecule has 0 amide bonds. The van der Waals surface area contributed by atoms with Crippen molar-refractivity contribution in [2.45, 2.75) is 44.7 Å². The van der Waals surface area contributed by atoms with Crippen LogP contribution in [0.3, 0.4) is 0 Å². The fourth-order valence-electron chi connectivity index (χ4n) is 1.95. The van der Waals surface area contributed by atoms with Crippen LogP contribution in [0.15, 0.2) is 17.6 Å². The third-order valence-electron chi connectivity index (χ3n) is 3.08. The maximum absolute atomic E-state index is 12.1. The van der Waals surface area contributed by atoms with Gasteiger partial charge in [0.05, 0.1) is 6.33 Å². The molecule has 6 nitrogen and oxygen atoms in total. The van der Waals surface area contributed by atoms with Crippen LogP contribution in [0.25, 0.3) is 0 Å².